The molecule has 1 aliphatic heterocycles. The van der Waals surface area contributed by atoms with Gasteiger partial charge in [0.2, 0.25) is 0 Å². The van der Waals surface area contributed by atoms with Crippen LogP contribution in [-0.2, 0) is 0 Å². The standard InChI is InChI=1S/C14H21NO2/c1-3-12(15)10(2)11-5-6-13-14(9-11)17-8-4-7-16-13/h5-6,9-10,12H,3-4,7-8,15H2,1-2H3. The Kier molecular flexibility index (Phi) is 3.89. The van der Waals surface area contributed by atoms with Crippen LogP contribution in [0.5, 0.6) is 11.5 Å². The molecule has 2 atom stereocenters. The molecule has 0 aromatic heterocycles. The van der Waals surface area contributed by atoms with Gasteiger partial charge in [-0.05, 0) is 30.0 Å². The van der Waals surface area contributed by atoms with E-state index < -0.39 is 0 Å². The summed E-state index contributed by atoms with van der Waals surface area (Å²) in [7, 11) is 0. The minimum Gasteiger partial charge on any atom is -0.490 e. The molecular weight excluding hydrogens is 214 g/mol. The molecule has 1 aromatic rings. The van der Waals surface area contributed by atoms with E-state index in [1.54, 1.807) is 0 Å². The number of nitrogens with two attached hydrogens (primary N) is 1. The largest absolute Gasteiger partial charge is 0.490 e. The van der Waals surface area contributed by atoms with Gasteiger partial charge in [-0.1, -0.05) is 19.9 Å². The van der Waals surface area contributed by atoms with Crippen LogP contribution in [0.15, 0.2) is 18.2 Å². The van der Waals surface area contributed by atoms with Crippen molar-refractivity contribution in [3.8, 4) is 11.5 Å². The van der Waals surface area contributed by atoms with Crippen LogP contribution in [0, 0.1) is 0 Å². The molecule has 0 amide bonds. The Morgan fingerprint density at radius 3 is 2.65 bits per heavy atom. The fourth-order valence-electron chi connectivity index (χ4n) is 2.06. The van der Waals surface area contributed by atoms with Gasteiger partial charge in [-0.15, -0.1) is 0 Å². The van der Waals surface area contributed by atoms with Crippen LogP contribution in [0.1, 0.15) is 38.2 Å². The van der Waals surface area contributed by atoms with E-state index in [9.17, 15) is 0 Å². The molecule has 17 heavy (non-hydrogen) atoms. The number of fused-ring (bicyclic) bond motifs is 1. The Bertz CT molecular complexity index is 378. The number of hydrogen-bond acceptors (Lipinski definition) is 3. The van der Waals surface area contributed by atoms with Gasteiger partial charge in [0, 0.05) is 12.5 Å². The Morgan fingerprint density at radius 2 is 1.94 bits per heavy atom. The maximum Gasteiger partial charge on any atom is 0.161 e. The van der Waals surface area contributed by atoms with Crippen LogP contribution in [0.2, 0.25) is 0 Å². The second-order valence-corrected chi connectivity index (χ2v) is 4.62. The first-order valence-electron chi connectivity index (χ1n) is 6.37. The summed E-state index contributed by atoms with van der Waals surface area (Å²) in [4.78, 5) is 0. The molecule has 0 bridgehead atoms. The van der Waals surface area contributed by atoms with Gasteiger partial charge in [-0.3, -0.25) is 0 Å². The van der Waals surface area contributed by atoms with Crippen molar-refractivity contribution in [2.45, 2.75) is 38.6 Å². The molecule has 1 heterocycles. The summed E-state index contributed by atoms with van der Waals surface area (Å²) in [5.41, 5.74) is 7.31. The third-order valence-electron chi connectivity index (χ3n) is 3.41. The zero-order chi connectivity index (χ0) is 12.3. The SMILES string of the molecule is CCC(N)C(C)c1ccc2c(c1)OCCCO2. The summed E-state index contributed by atoms with van der Waals surface area (Å²) in [5.74, 6) is 2.05. The Labute approximate surface area is 103 Å². The molecule has 0 fully saturated rings. The Hall–Kier alpha value is -1.22. The average molecular weight is 235 g/mol. The number of ether oxygens (including phenoxy) is 2. The van der Waals surface area contributed by atoms with Crippen molar-refractivity contribution in [3.63, 3.8) is 0 Å². The second kappa shape index (κ2) is 5.41. The van der Waals surface area contributed by atoms with E-state index in [0.717, 1.165) is 37.6 Å². The lowest BCUT2D eigenvalue weighted by atomic mass is 9.92. The van der Waals surface area contributed by atoms with E-state index in [2.05, 4.69) is 26.0 Å². The van der Waals surface area contributed by atoms with Gasteiger partial charge in [0.1, 0.15) is 0 Å². The first kappa shape index (κ1) is 12.2. The van der Waals surface area contributed by atoms with Gasteiger partial charge in [0.15, 0.2) is 11.5 Å². The van der Waals surface area contributed by atoms with Crippen LogP contribution in [0.25, 0.3) is 0 Å². The molecule has 3 heteroatoms. The highest BCUT2D eigenvalue weighted by molar-refractivity contribution is 5.44. The number of rotatable bonds is 3. The fourth-order valence-corrected chi connectivity index (χ4v) is 2.06. The van der Waals surface area contributed by atoms with E-state index in [0.29, 0.717) is 5.92 Å². The van der Waals surface area contributed by atoms with Gasteiger partial charge < -0.3 is 15.2 Å². The van der Waals surface area contributed by atoms with Gasteiger partial charge in [-0.25, -0.2) is 0 Å². The van der Waals surface area contributed by atoms with Crippen molar-refractivity contribution < 1.29 is 9.47 Å². The molecule has 0 aliphatic carbocycles. The minimum absolute atomic E-state index is 0.194. The first-order valence-corrected chi connectivity index (χ1v) is 6.37. The minimum atomic E-state index is 0.194. The van der Waals surface area contributed by atoms with Crippen molar-refractivity contribution >= 4 is 0 Å². The molecular formula is C14H21NO2. The molecule has 2 N–H and O–H groups in total. The van der Waals surface area contributed by atoms with Crippen LogP contribution in [0.4, 0.5) is 0 Å². The lowest BCUT2D eigenvalue weighted by Gasteiger charge is -2.20. The smallest absolute Gasteiger partial charge is 0.161 e. The first-order chi connectivity index (χ1) is 8.22. The molecule has 2 rings (SSSR count). The van der Waals surface area contributed by atoms with E-state index >= 15 is 0 Å². The molecule has 1 aliphatic rings. The number of hydrogen-bond donors (Lipinski definition) is 1. The van der Waals surface area contributed by atoms with Crippen LogP contribution < -0.4 is 15.2 Å². The summed E-state index contributed by atoms with van der Waals surface area (Å²) in [6.07, 6.45) is 1.92. The highest BCUT2D eigenvalue weighted by Gasteiger charge is 2.17. The van der Waals surface area contributed by atoms with Crippen molar-refractivity contribution in [2.24, 2.45) is 5.73 Å². The molecule has 2 unspecified atom stereocenters. The highest BCUT2D eigenvalue weighted by Crippen LogP contribution is 2.33. The molecule has 3 nitrogen and oxygen atoms in total. The predicted octanol–water partition coefficient (Wildman–Crippen LogP) is 2.69. The zero-order valence-corrected chi connectivity index (χ0v) is 10.6. The average Bonchev–Trinajstić information content (AvgIpc) is 2.61. The monoisotopic (exact) mass is 235 g/mol. The van der Waals surface area contributed by atoms with Gasteiger partial charge in [0.05, 0.1) is 13.2 Å². The summed E-state index contributed by atoms with van der Waals surface area (Å²) in [5, 5.41) is 0. The quantitative estimate of drug-likeness (QED) is 0.876. The lowest BCUT2D eigenvalue weighted by molar-refractivity contribution is 0.297. The molecule has 0 radical (unpaired) electrons. The lowest BCUT2D eigenvalue weighted by Crippen LogP contribution is -2.25. The fraction of sp³-hybridized carbons (Fsp3) is 0.571. The molecule has 0 spiro atoms. The Balaban J connectivity index is 2.23. The third kappa shape index (κ3) is 2.72. The highest BCUT2D eigenvalue weighted by atomic mass is 16.5. The van der Waals surface area contributed by atoms with Crippen LogP contribution in [-0.4, -0.2) is 19.3 Å². The van der Waals surface area contributed by atoms with Crippen molar-refractivity contribution in [2.75, 3.05) is 13.2 Å². The van der Waals surface area contributed by atoms with E-state index in [1.165, 1.54) is 5.56 Å². The van der Waals surface area contributed by atoms with Gasteiger partial charge in [0.25, 0.3) is 0 Å². The molecule has 0 saturated carbocycles. The molecule has 94 valence electrons. The summed E-state index contributed by atoms with van der Waals surface area (Å²) < 4.78 is 11.3. The summed E-state index contributed by atoms with van der Waals surface area (Å²) >= 11 is 0. The third-order valence-corrected chi connectivity index (χ3v) is 3.41. The van der Waals surface area contributed by atoms with Crippen molar-refractivity contribution in [1.29, 1.82) is 0 Å². The van der Waals surface area contributed by atoms with E-state index in [4.69, 9.17) is 15.2 Å². The van der Waals surface area contributed by atoms with Crippen LogP contribution >= 0.6 is 0 Å². The van der Waals surface area contributed by atoms with Crippen molar-refractivity contribution in [1.82, 2.24) is 0 Å². The topological polar surface area (TPSA) is 44.5 Å². The van der Waals surface area contributed by atoms with Crippen LogP contribution in [0.3, 0.4) is 0 Å². The normalized spacial score (nSPS) is 18.3. The summed E-state index contributed by atoms with van der Waals surface area (Å²) in [6.45, 7) is 5.73. The van der Waals surface area contributed by atoms with Gasteiger partial charge >= 0.3 is 0 Å². The molecule has 0 saturated heterocycles. The number of benzene rings is 1. The van der Waals surface area contributed by atoms with E-state index in [1.807, 2.05) is 6.07 Å². The van der Waals surface area contributed by atoms with Gasteiger partial charge in [-0.2, -0.15) is 0 Å². The summed E-state index contributed by atoms with van der Waals surface area (Å²) in [6, 6.07) is 6.35. The molecule has 1 aromatic carbocycles. The predicted molar refractivity (Wildman–Crippen MR) is 68.7 cm³/mol. The second-order valence-electron chi connectivity index (χ2n) is 4.62. The zero-order valence-electron chi connectivity index (χ0n) is 10.6. The van der Waals surface area contributed by atoms with Crippen molar-refractivity contribution in [3.05, 3.63) is 23.8 Å². The van der Waals surface area contributed by atoms with E-state index in [-0.39, 0.29) is 6.04 Å². The Morgan fingerprint density at radius 1 is 1.24 bits per heavy atom. The maximum absolute atomic E-state index is 6.08. The maximum atomic E-state index is 6.08.